The number of rotatable bonds is 26. The van der Waals surface area contributed by atoms with E-state index in [1.807, 2.05) is 0 Å². The molecule has 3 N–H and O–H groups in total. The van der Waals surface area contributed by atoms with Crippen molar-refractivity contribution in [2.45, 2.75) is 156 Å². The summed E-state index contributed by atoms with van der Waals surface area (Å²) < 4.78 is 38.9. The molecule has 0 bridgehead atoms. The molecule has 3 aromatic rings. The number of anilines is 1. The molecule has 3 rings (SSSR count). The number of ether oxygens (including phenoxy) is 3. The van der Waals surface area contributed by atoms with Gasteiger partial charge in [-0.05, 0) is 91.0 Å². The van der Waals surface area contributed by atoms with Gasteiger partial charge in [0.2, 0.25) is 0 Å². The van der Waals surface area contributed by atoms with Crippen LogP contribution in [0.2, 0.25) is 0 Å². The van der Waals surface area contributed by atoms with E-state index in [0.29, 0.717) is 29.9 Å². The topological polar surface area (TPSA) is 170 Å². The van der Waals surface area contributed by atoms with E-state index in [1.54, 1.807) is 69.8 Å². The van der Waals surface area contributed by atoms with E-state index >= 15 is 0 Å². The predicted octanol–water partition coefficient (Wildman–Crippen LogP) is 9.31. The molecular weight excluding hydrogens is 707 g/mol. The lowest BCUT2D eigenvalue weighted by atomic mass is 10.1. The number of benzene rings is 1. The van der Waals surface area contributed by atoms with Gasteiger partial charge >= 0.3 is 19.5 Å². The van der Waals surface area contributed by atoms with Crippen LogP contribution in [-0.2, 0) is 30.2 Å². The van der Waals surface area contributed by atoms with Crippen molar-refractivity contribution in [3.63, 3.8) is 0 Å². The first-order chi connectivity index (χ1) is 25.8. The van der Waals surface area contributed by atoms with Crippen LogP contribution in [0.1, 0.15) is 131 Å². The van der Waals surface area contributed by atoms with Crippen molar-refractivity contribution in [1.29, 1.82) is 0 Å². The van der Waals surface area contributed by atoms with Crippen LogP contribution >= 0.6 is 7.52 Å². The van der Waals surface area contributed by atoms with Crippen molar-refractivity contribution < 1.29 is 32.9 Å². The van der Waals surface area contributed by atoms with Gasteiger partial charge in [0, 0.05) is 6.42 Å². The van der Waals surface area contributed by atoms with E-state index < -0.39 is 31.2 Å². The lowest BCUT2D eigenvalue weighted by Crippen LogP contribution is -2.39. The number of hydrogen-bond acceptors (Lipinski definition) is 11. The number of nitrogens with zero attached hydrogens (tertiary/aromatic N) is 4. The average Bonchev–Trinajstić information content (AvgIpc) is 3.52. The van der Waals surface area contributed by atoms with Crippen LogP contribution in [0.15, 0.2) is 49.1 Å². The Morgan fingerprint density at radius 2 is 1.50 bits per heavy atom. The van der Waals surface area contributed by atoms with Crippen molar-refractivity contribution in [2.75, 3.05) is 12.1 Å². The Labute approximate surface area is 321 Å². The minimum atomic E-state index is -3.85. The molecule has 2 aromatic heterocycles. The van der Waals surface area contributed by atoms with Crippen molar-refractivity contribution in [1.82, 2.24) is 24.6 Å². The molecule has 300 valence electrons. The first kappa shape index (κ1) is 44.6. The summed E-state index contributed by atoms with van der Waals surface area (Å²) in [6.45, 7) is 11.2. The summed E-state index contributed by atoms with van der Waals surface area (Å²) in [4.78, 5) is 37.8. The highest BCUT2D eigenvalue weighted by atomic mass is 31.2. The maximum atomic E-state index is 14.2. The lowest BCUT2D eigenvalue weighted by Gasteiger charge is -2.27. The molecule has 0 spiro atoms. The fourth-order valence-electron chi connectivity index (χ4n) is 5.68. The number of imidazole rings is 1. The summed E-state index contributed by atoms with van der Waals surface area (Å²) in [5.74, 6) is -0.0305. The minimum Gasteiger partial charge on any atom is -0.459 e. The quantitative estimate of drug-likeness (QED) is 0.0261. The number of carbonyl (C=O) groups is 2. The van der Waals surface area contributed by atoms with Gasteiger partial charge in [0.25, 0.3) is 0 Å². The number of nitrogens with one attached hydrogen (secondary N) is 1. The molecule has 0 aliphatic carbocycles. The number of hydrogen-bond donors (Lipinski definition) is 2. The third-order valence-electron chi connectivity index (χ3n) is 8.51. The van der Waals surface area contributed by atoms with Crippen molar-refractivity contribution in [3.05, 3.63) is 49.1 Å². The third kappa shape index (κ3) is 17.1. The number of fused-ring (bicyclic) bond motifs is 1. The molecule has 0 amide bonds. The third-order valence-corrected chi connectivity index (χ3v) is 10.3. The van der Waals surface area contributed by atoms with Crippen LogP contribution < -0.4 is 20.1 Å². The molecule has 14 heteroatoms. The molecule has 1 aromatic carbocycles. The summed E-state index contributed by atoms with van der Waals surface area (Å²) in [5, 5.41) is 2.81. The Hall–Kier alpha value is -3.80. The molecular formula is C40H63N6O7P. The monoisotopic (exact) mass is 770 g/mol. The maximum absolute atomic E-state index is 14.2. The van der Waals surface area contributed by atoms with Crippen LogP contribution in [0.5, 0.6) is 11.5 Å². The molecule has 54 heavy (non-hydrogen) atoms. The predicted molar refractivity (Wildman–Crippen MR) is 213 cm³/mol. The molecule has 0 fully saturated rings. The summed E-state index contributed by atoms with van der Waals surface area (Å²) in [6.07, 6.45) is 22.6. The fourth-order valence-corrected chi connectivity index (χ4v) is 7.47. The van der Waals surface area contributed by atoms with Gasteiger partial charge in [-0.3, -0.25) is 14.2 Å². The van der Waals surface area contributed by atoms with Crippen LogP contribution in [0.25, 0.3) is 11.2 Å². The average molecular weight is 771 g/mol. The lowest BCUT2D eigenvalue weighted by molar-refractivity contribution is -0.156. The summed E-state index contributed by atoms with van der Waals surface area (Å²) in [5.41, 5.74) is 6.20. The van der Waals surface area contributed by atoms with E-state index in [2.05, 4.69) is 39.1 Å². The molecule has 2 heterocycles. The molecule has 3 atom stereocenters. The number of unbranched alkanes of at least 4 members (excludes halogenated alkanes) is 11. The van der Waals surface area contributed by atoms with E-state index in [4.69, 9.17) is 24.5 Å². The number of carbonyl (C=O) groups excluding carboxylic acids is 2. The number of aromatic nitrogens is 4. The van der Waals surface area contributed by atoms with E-state index in [9.17, 15) is 14.2 Å². The van der Waals surface area contributed by atoms with E-state index in [0.717, 1.165) is 32.1 Å². The standard InChI is InChI=1S/C40H63N6O7P/c1-7-8-9-10-11-12-13-14-15-16-17-18-19-20-21-22-35(47)51-33-23-25-34(26-24-33)53-54(49,45-32(3)39(48)52-40(4,5)6)30-50-31(2)27-46-29-44-36-37(41)42-28-43-38(36)46/h14-15,23-26,28-29,31-32H,7-13,16-22,27,30H2,1-6H3,(H,45,49)(H2,41,42,43)/b15-14-/t31-,32+,54?/m1/s1. The molecule has 0 saturated carbocycles. The summed E-state index contributed by atoms with van der Waals surface area (Å²) >= 11 is 0. The molecule has 0 aliphatic heterocycles. The zero-order valence-electron chi connectivity index (χ0n) is 33.3. The zero-order chi connectivity index (χ0) is 39.4. The Bertz CT molecular complexity index is 1640. The van der Waals surface area contributed by atoms with E-state index in [1.165, 1.54) is 57.7 Å². The minimum absolute atomic E-state index is 0.239. The highest BCUT2D eigenvalue weighted by molar-refractivity contribution is 7.57. The molecule has 0 aliphatic rings. The van der Waals surface area contributed by atoms with Crippen LogP contribution in [0.4, 0.5) is 5.82 Å². The first-order valence-electron chi connectivity index (χ1n) is 19.6. The fraction of sp³-hybridized carbons (Fsp3) is 0.625. The van der Waals surface area contributed by atoms with Crippen molar-refractivity contribution in [3.8, 4) is 11.5 Å². The number of nitrogen functional groups attached to an aromatic ring is 1. The zero-order valence-corrected chi connectivity index (χ0v) is 34.2. The normalized spacial score (nSPS) is 14.2. The first-order valence-corrected chi connectivity index (χ1v) is 21.4. The highest BCUT2D eigenvalue weighted by Gasteiger charge is 2.33. The van der Waals surface area contributed by atoms with Crippen LogP contribution in [0.3, 0.4) is 0 Å². The molecule has 13 nitrogen and oxygen atoms in total. The van der Waals surface area contributed by atoms with Gasteiger partial charge in [-0.1, -0.05) is 70.4 Å². The number of esters is 2. The largest absolute Gasteiger partial charge is 0.459 e. The molecule has 1 unspecified atom stereocenters. The molecule has 0 saturated heterocycles. The Morgan fingerprint density at radius 3 is 2.15 bits per heavy atom. The van der Waals surface area contributed by atoms with Crippen LogP contribution in [0, 0.1) is 0 Å². The second-order valence-electron chi connectivity index (χ2n) is 14.9. The van der Waals surface area contributed by atoms with Crippen molar-refractivity contribution >= 4 is 36.4 Å². The van der Waals surface area contributed by atoms with Gasteiger partial charge in [0.05, 0.1) is 19.0 Å². The van der Waals surface area contributed by atoms with Gasteiger partial charge in [-0.15, -0.1) is 0 Å². The molecule has 0 radical (unpaired) electrons. The van der Waals surface area contributed by atoms with Crippen LogP contribution in [-0.4, -0.2) is 55.6 Å². The number of nitrogens with two attached hydrogens (primary N) is 1. The summed E-state index contributed by atoms with van der Waals surface area (Å²) in [7, 11) is -3.85. The second kappa shape index (κ2) is 23.2. The highest BCUT2D eigenvalue weighted by Crippen LogP contribution is 2.44. The van der Waals surface area contributed by atoms with Gasteiger partial charge < -0.3 is 29.0 Å². The van der Waals surface area contributed by atoms with Gasteiger partial charge in [0.1, 0.15) is 41.3 Å². The Kier molecular flexibility index (Phi) is 19.2. The summed E-state index contributed by atoms with van der Waals surface area (Å²) in [6, 6.07) is 5.31. The van der Waals surface area contributed by atoms with E-state index in [-0.39, 0.29) is 23.9 Å². The van der Waals surface area contributed by atoms with Gasteiger partial charge in [-0.2, -0.15) is 0 Å². The van der Waals surface area contributed by atoms with Gasteiger partial charge in [0.15, 0.2) is 11.5 Å². The van der Waals surface area contributed by atoms with Crippen molar-refractivity contribution in [2.24, 2.45) is 0 Å². The smallest absolute Gasteiger partial charge is 0.342 e. The SMILES string of the molecule is CCCCCCCC/C=C\CCCCCCCC(=O)Oc1ccc(OP(=O)(CO[C@H](C)Cn2cnc3c(N)ncnc32)N[C@@H](C)C(=O)OC(C)(C)C)cc1. The Morgan fingerprint density at radius 1 is 0.889 bits per heavy atom. The Balaban J connectivity index is 1.45. The number of allylic oxidation sites excluding steroid dienone is 2. The second-order valence-corrected chi connectivity index (χ2v) is 16.9. The maximum Gasteiger partial charge on any atom is 0.342 e. The van der Waals surface area contributed by atoms with Gasteiger partial charge in [-0.25, -0.2) is 20.0 Å².